The van der Waals surface area contributed by atoms with E-state index in [9.17, 15) is 4.79 Å². The van der Waals surface area contributed by atoms with Crippen LogP contribution in [0.25, 0.3) is 0 Å². The number of piperidine rings is 1. The van der Waals surface area contributed by atoms with Gasteiger partial charge in [0.05, 0.1) is 0 Å². The van der Waals surface area contributed by atoms with Crippen molar-refractivity contribution >= 4 is 5.97 Å². The van der Waals surface area contributed by atoms with Crippen molar-refractivity contribution in [3.63, 3.8) is 0 Å². The van der Waals surface area contributed by atoms with Crippen LogP contribution in [0.2, 0.25) is 0 Å². The zero-order chi connectivity index (χ0) is 11.5. The molecular formula is C12H22N2O2. The molecule has 1 saturated carbocycles. The number of carboxylic acid groups (broad SMARTS) is 1. The van der Waals surface area contributed by atoms with Crippen LogP contribution in [0.3, 0.4) is 0 Å². The molecule has 3 N–H and O–H groups in total. The topological polar surface area (TPSA) is 66.6 Å². The molecule has 92 valence electrons. The van der Waals surface area contributed by atoms with E-state index in [0.29, 0.717) is 6.04 Å². The van der Waals surface area contributed by atoms with Gasteiger partial charge in [-0.05, 0) is 25.2 Å². The first-order valence-corrected chi connectivity index (χ1v) is 6.36. The molecule has 0 aromatic heterocycles. The Bertz CT molecular complexity index is 251. The first-order chi connectivity index (χ1) is 7.65. The second kappa shape index (κ2) is 5.15. The lowest BCUT2D eigenvalue weighted by atomic mass is 9.91. The van der Waals surface area contributed by atoms with Crippen LogP contribution in [0.15, 0.2) is 0 Å². The number of carboxylic acids is 1. The fourth-order valence-corrected chi connectivity index (χ4v) is 3.25. The summed E-state index contributed by atoms with van der Waals surface area (Å²) in [5.74, 6) is -0.438. The van der Waals surface area contributed by atoms with Crippen LogP contribution in [0.1, 0.15) is 38.5 Å². The Labute approximate surface area is 96.8 Å². The van der Waals surface area contributed by atoms with Gasteiger partial charge in [-0.25, -0.2) is 0 Å². The third kappa shape index (κ3) is 2.95. The summed E-state index contributed by atoms with van der Waals surface area (Å²) in [5, 5.41) is 8.84. The van der Waals surface area contributed by atoms with Gasteiger partial charge in [0.2, 0.25) is 0 Å². The summed E-state index contributed by atoms with van der Waals surface area (Å²) in [5.41, 5.74) is 6.02. The van der Waals surface area contributed by atoms with Crippen molar-refractivity contribution in [1.82, 2.24) is 4.90 Å². The van der Waals surface area contributed by atoms with Crippen molar-refractivity contribution in [2.45, 2.75) is 50.6 Å². The number of nitrogens with two attached hydrogens (primary N) is 1. The third-order valence-electron chi connectivity index (χ3n) is 3.90. The highest BCUT2D eigenvalue weighted by Crippen LogP contribution is 2.28. The van der Waals surface area contributed by atoms with Crippen molar-refractivity contribution in [3.05, 3.63) is 0 Å². The lowest BCUT2D eigenvalue weighted by molar-refractivity contribution is -0.138. The van der Waals surface area contributed by atoms with Crippen molar-refractivity contribution in [2.24, 2.45) is 11.7 Å². The normalized spacial score (nSPS) is 33.1. The van der Waals surface area contributed by atoms with Gasteiger partial charge in [0.15, 0.2) is 0 Å². The van der Waals surface area contributed by atoms with Gasteiger partial charge in [0, 0.05) is 31.6 Å². The number of hydrogen-bond acceptors (Lipinski definition) is 3. The van der Waals surface area contributed by atoms with Gasteiger partial charge in [-0.3, -0.25) is 9.69 Å². The fourth-order valence-electron chi connectivity index (χ4n) is 3.25. The van der Waals surface area contributed by atoms with Crippen molar-refractivity contribution in [2.75, 3.05) is 13.1 Å². The molecule has 1 saturated heterocycles. The van der Waals surface area contributed by atoms with E-state index < -0.39 is 5.97 Å². The molecule has 1 aliphatic heterocycles. The standard InChI is InChI=1S/C12H22N2O2/c13-10-5-9(6-12(15)16)7-14(8-10)11-3-1-2-4-11/h9-11H,1-8,13H2,(H,15,16). The number of nitrogens with zero attached hydrogens (tertiary/aromatic N) is 1. The zero-order valence-electron chi connectivity index (χ0n) is 9.77. The van der Waals surface area contributed by atoms with Gasteiger partial charge in [-0.15, -0.1) is 0 Å². The molecule has 0 bridgehead atoms. The summed E-state index contributed by atoms with van der Waals surface area (Å²) < 4.78 is 0. The number of aliphatic carboxylic acids is 1. The van der Waals surface area contributed by atoms with E-state index in [0.717, 1.165) is 19.5 Å². The van der Waals surface area contributed by atoms with Gasteiger partial charge in [-0.1, -0.05) is 12.8 Å². The first kappa shape index (κ1) is 11.9. The van der Waals surface area contributed by atoms with Gasteiger partial charge in [0.25, 0.3) is 0 Å². The molecule has 2 aliphatic rings. The number of rotatable bonds is 3. The monoisotopic (exact) mass is 226 g/mol. The smallest absolute Gasteiger partial charge is 0.303 e. The maximum absolute atomic E-state index is 10.7. The highest BCUT2D eigenvalue weighted by molar-refractivity contribution is 5.67. The van der Waals surface area contributed by atoms with Gasteiger partial charge < -0.3 is 10.8 Å². The lowest BCUT2D eigenvalue weighted by Gasteiger charge is -2.39. The number of likely N-dealkylation sites (tertiary alicyclic amines) is 1. The molecule has 1 heterocycles. The van der Waals surface area contributed by atoms with Crippen LogP contribution in [-0.2, 0) is 4.79 Å². The summed E-state index contributed by atoms with van der Waals surface area (Å²) in [4.78, 5) is 13.2. The Hall–Kier alpha value is -0.610. The van der Waals surface area contributed by atoms with Gasteiger partial charge in [0.1, 0.15) is 0 Å². The minimum atomic E-state index is -0.689. The molecule has 0 aromatic rings. The van der Waals surface area contributed by atoms with E-state index in [1.807, 2.05) is 0 Å². The van der Waals surface area contributed by atoms with Crippen molar-refractivity contribution in [3.8, 4) is 0 Å². The van der Waals surface area contributed by atoms with E-state index in [1.165, 1.54) is 25.7 Å². The van der Waals surface area contributed by atoms with Crippen LogP contribution in [0.4, 0.5) is 0 Å². The average molecular weight is 226 g/mol. The van der Waals surface area contributed by atoms with Crippen molar-refractivity contribution < 1.29 is 9.90 Å². The Morgan fingerprint density at radius 3 is 2.62 bits per heavy atom. The van der Waals surface area contributed by atoms with Crippen LogP contribution < -0.4 is 5.73 Å². The Morgan fingerprint density at radius 1 is 1.31 bits per heavy atom. The van der Waals surface area contributed by atoms with E-state index in [-0.39, 0.29) is 18.4 Å². The molecule has 4 nitrogen and oxygen atoms in total. The molecule has 0 amide bonds. The van der Waals surface area contributed by atoms with Gasteiger partial charge >= 0.3 is 5.97 Å². The zero-order valence-corrected chi connectivity index (χ0v) is 9.77. The van der Waals surface area contributed by atoms with Crippen molar-refractivity contribution in [1.29, 1.82) is 0 Å². The molecule has 2 rings (SSSR count). The average Bonchev–Trinajstić information content (AvgIpc) is 2.67. The predicted molar refractivity (Wildman–Crippen MR) is 62.2 cm³/mol. The molecule has 1 aliphatic carbocycles. The maximum atomic E-state index is 10.7. The Kier molecular flexibility index (Phi) is 3.82. The summed E-state index contributed by atoms with van der Waals surface area (Å²) in [7, 11) is 0. The first-order valence-electron chi connectivity index (χ1n) is 6.36. The molecule has 2 unspecified atom stereocenters. The number of carbonyl (C=O) groups is 1. The molecule has 0 aromatic carbocycles. The highest BCUT2D eigenvalue weighted by Gasteiger charge is 2.31. The fraction of sp³-hybridized carbons (Fsp3) is 0.917. The summed E-state index contributed by atoms with van der Waals surface area (Å²) in [6, 6.07) is 0.835. The minimum absolute atomic E-state index is 0.165. The summed E-state index contributed by atoms with van der Waals surface area (Å²) in [6.45, 7) is 1.89. The van der Waals surface area contributed by atoms with Crippen LogP contribution in [0, 0.1) is 5.92 Å². The van der Waals surface area contributed by atoms with E-state index in [2.05, 4.69) is 4.90 Å². The highest BCUT2D eigenvalue weighted by atomic mass is 16.4. The third-order valence-corrected chi connectivity index (χ3v) is 3.90. The van der Waals surface area contributed by atoms with E-state index >= 15 is 0 Å². The molecule has 2 atom stereocenters. The summed E-state index contributed by atoms with van der Waals surface area (Å²) >= 11 is 0. The van der Waals surface area contributed by atoms with Gasteiger partial charge in [-0.2, -0.15) is 0 Å². The molecule has 4 heteroatoms. The number of hydrogen-bond donors (Lipinski definition) is 2. The molecule has 16 heavy (non-hydrogen) atoms. The largest absolute Gasteiger partial charge is 0.481 e. The quantitative estimate of drug-likeness (QED) is 0.755. The Balaban J connectivity index is 1.90. The van der Waals surface area contributed by atoms with E-state index in [4.69, 9.17) is 10.8 Å². The lowest BCUT2D eigenvalue weighted by Crippen LogP contribution is -2.50. The Morgan fingerprint density at radius 2 is 2.00 bits per heavy atom. The van der Waals surface area contributed by atoms with Crippen LogP contribution in [0.5, 0.6) is 0 Å². The second-order valence-corrected chi connectivity index (χ2v) is 5.35. The SMILES string of the molecule is NC1CC(CC(=O)O)CN(C2CCCC2)C1. The molecule has 2 fully saturated rings. The molecule has 0 radical (unpaired) electrons. The predicted octanol–water partition coefficient (Wildman–Crippen LogP) is 1.05. The molecular weight excluding hydrogens is 204 g/mol. The minimum Gasteiger partial charge on any atom is -0.481 e. The summed E-state index contributed by atoms with van der Waals surface area (Å²) in [6.07, 6.45) is 6.32. The van der Waals surface area contributed by atoms with Crippen LogP contribution in [-0.4, -0.2) is 41.1 Å². The second-order valence-electron chi connectivity index (χ2n) is 5.35. The van der Waals surface area contributed by atoms with Crippen LogP contribution >= 0.6 is 0 Å². The van der Waals surface area contributed by atoms with E-state index in [1.54, 1.807) is 0 Å². The maximum Gasteiger partial charge on any atom is 0.303 e. The molecule has 0 spiro atoms.